The molecule has 6 heteroatoms. The number of fused-ring (bicyclic) bond motifs is 1. The number of rotatable bonds is 2. The van der Waals surface area contributed by atoms with Gasteiger partial charge in [0.05, 0.1) is 18.1 Å². The van der Waals surface area contributed by atoms with E-state index in [4.69, 9.17) is 5.73 Å². The maximum atomic E-state index is 5.55. The van der Waals surface area contributed by atoms with E-state index in [1.165, 1.54) is 24.0 Å². The van der Waals surface area contributed by atoms with E-state index in [-0.39, 0.29) is 12.4 Å². The van der Waals surface area contributed by atoms with Crippen LogP contribution in [-0.4, -0.2) is 47.1 Å². The Balaban J connectivity index is 0.00000156. The van der Waals surface area contributed by atoms with Crippen LogP contribution in [0.1, 0.15) is 11.1 Å². The number of benzene rings is 1. The van der Waals surface area contributed by atoms with Gasteiger partial charge in [0.2, 0.25) is 5.95 Å². The zero-order chi connectivity index (χ0) is 14.9. The molecule has 0 unspecified atom stereocenters. The van der Waals surface area contributed by atoms with Crippen LogP contribution in [-0.2, 0) is 12.8 Å². The molecule has 23 heavy (non-hydrogen) atoms. The summed E-state index contributed by atoms with van der Waals surface area (Å²) in [6, 6.07) is 9.52. The summed E-state index contributed by atoms with van der Waals surface area (Å²) in [5.74, 6) is 0.339. The van der Waals surface area contributed by atoms with Gasteiger partial charge < -0.3 is 10.6 Å². The third kappa shape index (κ3) is 3.26. The van der Waals surface area contributed by atoms with Crippen LogP contribution >= 0.6 is 12.4 Å². The normalized spacial score (nSPS) is 18.5. The van der Waals surface area contributed by atoms with Gasteiger partial charge in [-0.3, -0.25) is 4.90 Å². The Labute approximate surface area is 142 Å². The molecule has 4 rings (SSSR count). The van der Waals surface area contributed by atoms with Crippen LogP contribution in [0.2, 0.25) is 0 Å². The van der Waals surface area contributed by atoms with Crippen molar-refractivity contribution in [3.05, 3.63) is 47.8 Å². The Morgan fingerprint density at radius 1 is 0.913 bits per heavy atom. The third-order valence-corrected chi connectivity index (χ3v) is 4.88. The molecule has 0 atom stereocenters. The minimum absolute atomic E-state index is 0. The zero-order valence-corrected chi connectivity index (χ0v) is 13.9. The number of hydrogen-bond acceptors (Lipinski definition) is 5. The highest BCUT2D eigenvalue weighted by atomic mass is 35.5. The summed E-state index contributed by atoms with van der Waals surface area (Å²) in [7, 11) is 0. The van der Waals surface area contributed by atoms with E-state index in [1.54, 1.807) is 0 Å². The van der Waals surface area contributed by atoms with Crippen LogP contribution in [0.25, 0.3) is 0 Å². The SMILES string of the molecule is Cl.Nc1ncc(N2CCN(C3Cc4ccccc4C3)CC2)cn1. The topological polar surface area (TPSA) is 58.3 Å². The number of anilines is 2. The molecule has 1 saturated heterocycles. The third-order valence-electron chi connectivity index (χ3n) is 4.88. The van der Waals surface area contributed by atoms with Crippen molar-refractivity contribution in [1.82, 2.24) is 14.9 Å². The Morgan fingerprint density at radius 2 is 1.48 bits per heavy atom. The van der Waals surface area contributed by atoms with E-state index < -0.39 is 0 Å². The lowest BCUT2D eigenvalue weighted by molar-refractivity contribution is 0.190. The molecule has 2 aromatic rings. The molecule has 0 saturated carbocycles. The van der Waals surface area contributed by atoms with Crippen LogP contribution in [0.4, 0.5) is 11.6 Å². The molecule has 1 aromatic carbocycles. The molecule has 1 aliphatic carbocycles. The Bertz CT molecular complexity index is 627. The molecule has 1 aromatic heterocycles. The van der Waals surface area contributed by atoms with Gasteiger partial charge in [0.25, 0.3) is 0 Å². The molecule has 0 radical (unpaired) electrons. The first-order valence-corrected chi connectivity index (χ1v) is 7.93. The van der Waals surface area contributed by atoms with Crippen molar-refractivity contribution < 1.29 is 0 Å². The van der Waals surface area contributed by atoms with E-state index in [2.05, 4.69) is 44.0 Å². The summed E-state index contributed by atoms with van der Waals surface area (Å²) >= 11 is 0. The maximum Gasteiger partial charge on any atom is 0.220 e. The van der Waals surface area contributed by atoms with Gasteiger partial charge in [-0.1, -0.05) is 24.3 Å². The second-order valence-electron chi connectivity index (χ2n) is 6.15. The van der Waals surface area contributed by atoms with Gasteiger partial charge >= 0.3 is 0 Å². The number of nitrogens with two attached hydrogens (primary N) is 1. The highest BCUT2D eigenvalue weighted by Crippen LogP contribution is 2.26. The molecule has 0 spiro atoms. The number of hydrogen-bond donors (Lipinski definition) is 1. The number of piperazine rings is 1. The average molecular weight is 332 g/mol. The lowest BCUT2D eigenvalue weighted by Crippen LogP contribution is -2.50. The average Bonchev–Trinajstić information content (AvgIpc) is 3.00. The van der Waals surface area contributed by atoms with Crippen molar-refractivity contribution in [2.75, 3.05) is 36.8 Å². The van der Waals surface area contributed by atoms with Crippen molar-refractivity contribution in [2.24, 2.45) is 0 Å². The zero-order valence-electron chi connectivity index (χ0n) is 13.1. The largest absolute Gasteiger partial charge is 0.368 e. The first-order valence-electron chi connectivity index (χ1n) is 7.93. The number of nitrogens with zero attached hydrogens (tertiary/aromatic N) is 4. The lowest BCUT2D eigenvalue weighted by atomic mass is 10.1. The fraction of sp³-hybridized carbons (Fsp3) is 0.412. The summed E-state index contributed by atoms with van der Waals surface area (Å²) in [4.78, 5) is 13.2. The quantitative estimate of drug-likeness (QED) is 0.909. The molecule has 2 aliphatic rings. The molecule has 1 fully saturated rings. The molecule has 0 amide bonds. The van der Waals surface area contributed by atoms with Crippen LogP contribution in [0.5, 0.6) is 0 Å². The minimum atomic E-state index is 0. The minimum Gasteiger partial charge on any atom is -0.368 e. The molecule has 1 aliphatic heterocycles. The standard InChI is InChI=1S/C17H21N5.ClH/c18-17-19-11-16(12-20-17)22-7-5-21(6-8-22)15-9-13-3-1-2-4-14(13)10-15;/h1-4,11-12,15H,5-10H2,(H2,18,19,20);1H. The lowest BCUT2D eigenvalue weighted by Gasteiger charge is -2.38. The van der Waals surface area contributed by atoms with Crippen LogP contribution in [0, 0.1) is 0 Å². The van der Waals surface area contributed by atoms with Gasteiger partial charge in [0, 0.05) is 32.2 Å². The van der Waals surface area contributed by atoms with Gasteiger partial charge in [-0.25, -0.2) is 9.97 Å². The second-order valence-corrected chi connectivity index (χ2v) is 6.15. The number of aromatic nitrogens is 2. The van der Waals surface area contributed by atoms with E-state index in [0.717, 1.165) is 31.9 Å². The summed E-state index contributed by atoms with van der Waals surface area (Å²) < 4.78 is 0. The summed E-state index contributed by atoms with van der Waals surface area (Å²) in [6.45, 7) is 4.26. The Hall–Kier alpha value is -1.85. The van der Waals surface area contributed by atoms with Crippen LogP contribution in [0.15, 0.2) is 36.7 Å². The van der Waals surface area contributed by atoms with Gasteiger partial charge in [0.1, 0.15) is 0 Å². The van der Waals surface area contributed by atoms with Crippen molar-refractivity contribution in [3.63, 3.8) is 0 Å². The maximum absolute atomic E-state index is 5.55. The van der Waals surface area contributed by atoms with Crippen molar-refractivity contribution >= 4 is 24.0 Å². The number of nitrogen functional groups attached to an aromatic ring is 1. The van der Waals surface area contributed by atoms with Crippen molar-refractivity contribution in [3.8, 4) is 0 Å². The first kappa shape index (κ1) is 16.0. The Kier molecular flexibility index (Phi) is 4.68. The molecular weight excluding hydrogens is 310 g/mol. The smallest absolute Gasteiger partial charge is 0.220 e. The van der Waals surface area contributed by atoms with Gasteiger partial charge in [0.15, 0.2) is 0 Å². The predicted molar refractivity (Wildman–Crippen MR) is 95.1 cm³/mol. The second kappa shape index (κ2) is 6.72. The van der Waals surface area contributed by atoms with Gasteiger partial charge in [-0.2, -0.15) is 0 Å². The highest BCUT2D eigenvalue weighted by Gasteiger charge is 2.29. The van der Waals surface area contributed by atoms with Gasteiger partial charge in [-0.15, -0.1) is 12.4 Å². The van der Waals surface area contributed by atoms with E-state index >= 15 is 0 Å². The van der Waals surface area contributed by atoms with Crippen LogP contribution < -0.4 is 10.6 Å². The summed E-state index contributed by atoms with van der Waals surface area (Å²) in [5.41, 5.74) is 9.69. The summed E-state index contributed by atoms with van der Waals surface area (Å²) in [6.07, 6.45) is 6.04. The fourth-order valence-electron chi connectivity index (χ4n) is 3.63. The molecule has 5 nitrogen and oxygen atoms in total. The Morgan fingerprint density at radius 3 is 2.04 bits per heavy atom. The van der Waals surface area contributed by atoms with E-state index in [0.29, 0.717) is 12.0 Å². The van der Waals surface area contributed by atoms with Crippen LogP contribution in [0.3, 0.4) is 0 Å². The first-order chi connectivity index (χ1) is 10.8. The molecule has 0 bridgehead atoms. The van der Waals surface area contributed by atoms with E-state index in [9.17, 15) is 0 Å². The molecule has 2 heterocycles. The highest BCUT2D eigenvalue weighted by molar-refractivity contribution is 5.85. The fourth-order valence-corrected chi connectivity index (χ4v) is 3.63. The van der Waals surface area contributed by atoms with E-state index in [1.807, 2.05) is 12.4 Å². The molecular formula is C17H22ClN5. The molecule has 122 valence electrons. The molecule has 2 N–H and O–H groups in total. The number of halogens is 1. The summed E-state index contributed by atoms with van der Waals surface area (Å²) in [5, 5.41) is 0. The predicted octanol–water partition coefficient (Wildman–Crippen LogP) is 1.77. The van der Waals surface area contributed by atoms with Crippen molar-refractivity contribution in [1.29, 1.82) is 0 Å². The monoisotopic (exact) mass is 331 g/mol. The van der Waals surface area contributed by atoms with Crippen molar-refractivity contribution in [2.45, 2.75) is 18.9 Å². The van der Waals surface area contributed by atoms with Gasteiger partial charge in [-0.05, 0) is 24.0 Å².